The van der Waals surface area contributed by atoms with Gasteiger partial charge in [-0.15, -0.1) is 0 Å². The molecule has 1 aromatic carbocycles. The molecule has 0 unspecified atom stereocenters. The van der Waals surface area contributed by atoms with Crippen molar-refractivity contribution in [1.82, 2.24) is 4.90 Å². The molecule has 0 spiro atoms. The van der Waals surface area contributed by atoms with Gasteiger partial charge >= 0.3 is 0 Å². The van der Waals surface area contributed by atoms with Gasteiger partial charge in [0, 0.05) is 41.3 Å². The number of furan rings is 1. The van der Waals surface area contributed by atoms with Crippen LogP contribution in [-0.2, 0) is 16.1 Å². The van der Waals surface area contributed by atoms with Crippen molar-refractivity contribution < 1.29 is 18.7 Å². The maximum Gasteiger partial charge on any atom is 0.162 e. The maximum absolute atomic E-state index is 13.7. The first-order chi connectivity index (χ1) is 16.1. The van der Waals surface area contributed by atoms with Crippen LogP contribution >= 0.6 is 0 Å². The molecule has 0 amide bonds. The second kappa shape index (κ2) is 8.00. The Balaban J connectivity index is 1.75. The van der Waals surface area contributed by atoms with Crippen LogP contribution in [0.5, 0.6) is 5.75 Å². The highest BCUT2D eigenvalue weighted by atomic mass is 16.5. The predicted molar refractivity (Wildman–Crippen MR) is 130 cm³/mol. The molecule has 0 fully saturated rings. The van der Waals surface area contributed by atoms with Crippen LogP contribution in [0.2, 0.25) is 0 Å². The van der Waals surface area contributed by atoms with Crippen molar-refractivity contribution in [3.63, 3.8) is 0 Å². The summed E-state index contributed by atoms with van der Waals surface area (Å²) in [5.74, 6) is 1.53. The first-order valence-electron chi connectivity index (χ1n) is 12.0. The molecular formula is C29H33NO4. The third-order valence-electron chi connectivity index (χ3n) is 7.37. The van der Waals surface area contributed by atoms with Crippen LogP contribution < -0.4 is 4.74 Å². The Hall–Kier alpha value is -3.08. The smallest absolute Gasteiger partial charge is 0.162 e. The molecule has 2 aromatic rings. The molecule has 178 valence electrons. The van der Waals surface area contributed by atoms with Gasteiger partial charge in [-0.1, -0.05) is 39.8 Å². The SMILES string of the molecule is COc1ccc(C2C3=C(CC(C)(C)CC3=O)N(Cc3ccco3)C3=C2C(=O)CC(C)(C)C3)cc1. The van der Waals surface area contributed by atoms with Gasteiger partial charge in [-0.3, -0.25) is 9.59 Å². The standard InChI is InChI=1S/C29H33NO4/c1-28(2)13-21-26(23(31)15-28)25(18-8-10-19(33-5)11-9-18)27-22(14-29(3,4)16-24(27)32)30(21)17-20-7-6-12-34-20/h6-12,25H,13-17H2,1-5H3. The lowest BCUT2D eigenvalue weighted by molar-refractivity contribution is -0.119. The Labute approximate surface area is 201 Å². The average molecular weight is 460 g/mol. The maximum atomic E-state index is 13.7. The summed E-state index contributed by atoms with van der Waals surface area (Å²) in [5, 5.41) is 0. The Kier molecular flexibility index (Phi) is 5.34. The van der Waals surface area contributed by atoms with Crippen molar-refractivity contribution in [3.05, 3.63) is 76.5 Å². The lowest BCUT2D eigenvalue weighted by Crippen LogP contribution is -2.44. The lowest BCUT2D eigenvalue weighted by Gasteiger charge is -2.48. The first kappa shape index (κ1) is 22.7. The van der Waals surface area contributed by atoms with Crippen LogP contribution in [0.3, 0.4) is 0 Å². The molecule has 0 radical (unpaired) electrons. The molecule has 2 heterocycles. The zero-order valence-electron chi connectivity index (χ0n) is 20.7. The highest BCUT2D eigenvalue weighted by molar-refractivity contribution is 6.06. The number of benzene rings is 1. The van der Waals surface area contributed by atoms with Gasteiger partial charge in [-0.2, -0.15) is 0 Å². The number of carbonyl (C=O) groups excluding carboxylic acids is 2. The molecule has 5 rings (SSSR count). The molecule has 0 atom stereocenters. The zero-order chi connectivity index (χ0) is 24.3. The number of hydrogen-bond acceptors (Lipinski definition) is 5. The number of methoxy groups -OCH3 is 1. The third-order valence-corrected chi connectivity index (χ3v) is 7.37. The third kappa shape index (κ3) is 3.91. The van der Waals surface area contributed by atoms with Gasteiger partial charge in [0.2, 0.25) is 0 Å². The number of carbonyl (C=O) groups is 2. The number of rotatable bonds is 4. The topological polar surface area (TPSA) is 59.8 Å². The molecule has 0 N–H and O–H groups in total. The van der Waals surface area contributed by atoms with Gasteiger partial charge in [-0.05, 0) is 53.5 Å². The Bertz CT molecular complexity index is 1140. The Morgan fingerprint density at radius 3 is 1.91 bits per heavy atom. The average Bonchev–Trinajstić information content (AvgIpc) is 3.26. The minimum absolute atomic E-state index is 0.140. The van der Waals surface area contributed by atoms with Crippen LogP contribution in [-0.4, -0.2) is 23.6 Å². The van der Waals surface area contributed by atoms with E-state index in [9.17, 15) is 9.59 Å². The van der Waals surface area contributed by atoms with Crippen molar-refractivity contribution >= 4 is 11.6 Å². The molecule has 2 aliphatic carbocycles. The fourth-order valence-electron chi connectivity index (χ4n) is 5.93. The number of ether oxygens (including phenoxy) is 1. The van der Waals surface area contributed by atoms with Crippen LogP contribution in [0, 0.1) is 10.8 Å². The fourth-order valence-corrected chi connectivity index (χ4v) is 5.93. The van der Waals surface area contributed by atoms with E-state index in [1.807, 2.05) is 36.4 Å². The van der Waals surface area contributed by atoms with Gasteiger partial charge in [0.15, 0.2) is 11.6 Å². The zero-order valence-corrected chi connectivity index (χ0v) is 20.7. The van der Waals surface area contributed by atoms with E-state index in [1.165, 1.54) is 0 Å². The molecule has 0 saturated heterocycles. The summed E-state index contributed by atoms with van der Waals surface area (Å²) >= 11 is 0. The lowest BCUT2D eigenvalue weighted by atomic mass is 9.63. The van der Waals surface area contributed by atoms with Gasteiger partial charge in [0.25, 0.3) is 0 Å². The van der Waals surface area contributed by atoms with Gasteiger partial charge in [0.05, 0.1) is 19.9 Å². The number of Topliss-reactive ketones (excluding diaryl/α,β-unsaturated/α-hetero) is 2. The number of nitrogens with zero attached hydrogens (tertiary/aromatic N) is 1. The number of hydrogen-bond donors (Lipinski definition) is 0. The summed E-state index contributed by atoms with van der Waals surface area (Å²) in [7, 11) is 1.64. The number of allylic oxidation sites excluding steroid dienone is 4. The number of ketones is 2. The van der Waals surface area contributed by atoms with Gasteiger partial charge in [0.1, 0.15) is 11.5 Å². The van der Waals surface area contributed by atoms with Crippen molar-refractivity contribution in [2.75, 3.05) is 7.11 Å². The summed E-state index contributed by atoms with van der Waals surface area (Å²) < 4.78 is 11.1. The van der Waals surface area contributed by atoms with E-state index in [-0.39, 0.29) is 28.3 Å². The monoisotopic (exact) mass is 459 g/mol. The van der Waals surface area contributed by atoms with Gasteiger partial charge in [-0.25, -0.2) is 0 Å². The van der Waals surface area contributed by atoms with E-state index >= 15 is 0 Å². The van der Waals surface area contributed by atoms with Crippen LogP contribution in [0.1, 0.15) is 70.6 Å². The minimum Gasteiger partial charge on any atom is -0.497 e. The van der Waals surface area contributed by atoms with E-state index in [4.69, 9.17) is 9.15 Å². The molecule has 1 aromatic heterocycles. The predicted octanol–water partition coefficient (Wildman–Crippen LogP) is 6.17. The molecule has 1 aliphatic heterocycles. The van der Waals surface area contributed by atoms with Crippen molar-refractivity contribution in [1.29, 1.82) is 0 Å². The molecular weight excluding hydrogens is 426 g/mol. The van der Waals surface area contributed by atoms with Gasteiger partial charge < -0.3 is 14.1 Å². The largest absolute Gasteiger partial charge is 0.497 e. The van der Waals surface area contributed by atoms with Crippen LogP contribution in [0.15, 0.2) is 69.6 Å². The summed E-state index contributed by atoms with van der Waals surface area (Å²) in [5.41, 5.74) is 4.33. The summed E-state index contributed by atoms with van der Waals surface area (Å²) in [4.78, 5) is 29.7. The van der Waals surface area contributed by atoms with Crippen LogP contribution in [0.25, 0.3) is 0 Å². The summed E-state index contributed by atoms with van der Waals surface area (Å²) in [6.45, 7) is 9.14. The highest BCUT2D eigenvalue weighted by Gasteiger charge is 2.49. The minimum atomic E-state index is -0.337. The highest BCUT2D eigenvalue weighted by Crippen LogP contribution is 2.54. The van der Waals surface area contributed by atoms with Crippen LogP contribution in [0.4, 0.5) is 0 Å². The summed E-state index contributed by atoms with van der Waals surface area (Å²) in [6, 6.07) is 11.7. The van der Waals surface area contributed by atoms with E-state index in [0.717, 1.165) is 52.5 Å². The molecule has 5 heteroatoms. The second-order valence-corrected chi connectivity index (χ2v) is 11.5. The molecule has 5 nitrogen and oxygen atoms in total. The molecule has 3 aliphatic rings. The Morgan fingerprint density at radius 2 is 1.44 bits per heavy atom. The quantitative estimate of drug-likeness (QED) is 0.547. The van der Waals surface area contributed by atoms with Crippen molar-refractivity contribution in [2.24, 2.45) is 10.8 Å². The van der Waals surface area contributed by atoms with E-state index in [1.54, 1.807) is 13.4 Å². The van der Waals surface area contributed by atoms with E-state index in [2.05, 4.69) is 32.6 Å². The van der Waals surface area contributed by atoms with Crippen molar-refractivity contribution in [2.45, 2.75) is 65.8 Å². The first-order valence-corrected chi connectivity index (χ1v) is 12.0. The Morgan fingerprint density at radius 1 is 0.882 bits per heavy atom. The molecule has 34 heavy (non-hydrogen) atoms. The molecule has 0 bridgehead atoms. The van der Waals surface area contributed by atoms with E-state index in [0.29, 0.717) is 19.4 Å². The van der Waals surface area contributed by atoms with Crippen molar-refractivity contribution in [3.8, 4) is 5.75 Å². The normalized spacial score (nSPS) is 22.1. The second-order valence-electron chi connectivity index (χ2n) is 11.5. The molecule has 0 saturated carbocycles. The van der Waals surface area contributed by atoms with E-state index < -0.39 is 0 Å². The summed E-state index contributed by atoms with van der Waals surface area (Å²) in [6.07, 6.45) is 4.21. The fraction of sp³-hybridized carbons (Fsp3) is 0.448.